The first kappa shape index (κ1) is 26.7. The lowest BCUT2D eigenvalue weighted by atomic mass is 9.99. The molecular formula is C30H38ClN5O2. The number of hydrogen-bond donors (Lipinski definition) is 1. The molecule has 0 bridgehead atoms. The number of carbonyl (C=O) groups excluding carboxylic acids is 1. The summed E-state index contributed by atoms with van der Waals surface area (Å²) >= 11 is 6.28. The maximum atomic E-state index is 12.1. The lowest BCUT2D eigenvalue weighted by Gasteiger charge is -2.37. The number of aromatic nitrogens is 2. The van der Waals surface area contributed by atoms with Crippen molar-refractivity contribution in [3.63, 3.8) is 0 Å². The zero-order valence-electron chi connectivity index (χ0n) is 22.9. The predicted octanol–water partition coefficient (Wildman–Crippen LogP) is 4.22. The van der Waals surface area contributed by atoms with Gasteiger partial charge in [0.05, 0.1) is 18.3 Å². The van der Waals surface area contributed by atoms with Gasteiger partial charge in [-0.25, -0.2) is 0 Å². The number of benzene rings is 2. The summed E-state index contributed by atoms with van der Waals surface area (Å²) in [5.41, 5.74) is 8.96. The van der Waals surface area contributed by atoms with Gasteiger partial charge in [0.1, 0.15) is 0 Å². The van der Waals surface area contributed by atoms with Gasteiger partial charge in [-0.05, 0) is 50.1 Å². The van der Waals surface area contributed by atoms with E-state index in [0.717, 1.165) is 65.7 Å². The highest BCUT2D eigenvalue weighted by Crippen LogP contribution is 2.32. The molecule has 0 radical (unpaired) electrons. The molecule has 2 aromatic carbocycles. The van der Waals surface area contributed by atoms with Gasteiger partial charge in [-0.3, -0.25) is 14.4 Å². The Balaban J connectivity index is 1.28. The third kappa shape index (κ3) is 5.60. The SMILES string of the molecule is CC(=O)N1CCc2c(c(-c3ccc(Cl)c(C)c3)nn2CC(O)CN2CCN(c3ccc(C)cc3C)CC2)C1. The average Bonchev–Trinajstić information content (AvgIpc) is 3.23. The minimum absolute atomic E-state index is 0.0710. The van der Waals surface area contributed by atoms with E-state index in [2.05, 4.69) is 41.8 Å². The van der Waals surface area contributed by atoms with Gasteiger partial charge < -0.3 is 14.9 Å². The van der Waals surface area contributed by atoms with Gasteiger partial charge >= 0.3 is 0 Å². The molecule has 5 rings (SSSR count). The van der Waals surface area contributed by atoms with E-state index in [4.69, 9.17) is 16.7 Å². The maximum absolute atomic E-state index is 12.1. The average molecular weight is 536 g/mol. The smallest absolute Gasteiger partial charge is 0.219 e. The van der Waals surface area contributed by atoms with Crippen molar-refractivity contribution in [3.8, 4) is 11.3 Å². The molecule has 8 heteroatoms. The molecule has 0 aliphatic carbocycles. The Morgan fingerprint density at radius 3 is 2.45 bits per heavy atom. The van der Waals surface area contributed by atoms with Crippen LogP contribution in [0.4, 0.5) is 5.69 Å². The van der Waals surface area contributed by atoms with E-state index < -0.39 is 6.10 Å². The Hall–Kier alpha value is -2.87. The van der Waals surface area contributed by atoms with E-state index in [9.17, 15) is 9.90 Å². The topological polar surface area (TPSA) is 64.8 Å². The summed E-state index contributed by atoms with van der Waals surface area (Å²) in [6.45, 7) is 13.9. The molecule has 1 atom stereocenters. The third-order valence-electron chi connectivity index (χ3n) is 7.93. The van der Waals surface area contributed by atoms with E-state index in [1.165, 1.54) is 16.8 Å². The highest BCUT2D eigenvalue weighted by Gasteiger charge is 2.28. The predicted molar refractivity (Wildman–Crippen MR) is 153 cm³/mol. The fourth-order valence-electron chi connectivity index (χ4n) is 5.82. The lowest BCUT2D eigenvalue weighted by Crippen LogP contribution is -2.49. The van der Waals surface area contributed by atoms with Crippen LogP contribution < -0.4 is 4.90 Å². The summed E-state index contributed by atoms with van der Waals surface area (Å²) < 4.78 is 1.97. The third-order valence-corrected chi connectivity index (χ3v) is 8.35. The zero-order valence-corrected chi connectivity index (χ0v) is 23.6. The molecular weight excluding hydrogens is 498 g/mol. The Kier molecular flexibility index (Phi) is 7.80. The largest absolute Gasteiger partial charge is 0.390 e. The number of aryl methyl sites for hydroxylation is 3. The minimum atomic E-state index is -0.530. The molecule has 2 aliphatic rings. The van der Waals surface area contributed by atoms with Crippen LogP contribution in [-0.2, 0) is 24.3 Å². The number of fused-ring (bicyclic) bond motifs is 1. The molecule has 2 aliphatic heterocycles. The second kappa shape index (κ2) is 11.1. The van der Waals surface area contributed by atoms with E-state index in [1.54, 1.807) is 6.92 Å². The van der Waals surface area contributed by atoms with Gasteiger partial charge in [0.2, 0.25) is 5.91 Å². The molecule has 0 saturated carbocycles. The van der Waals surface area contributed by atoms with Crippen molar-refractivity contribution in [2.75, 3.05) is 44.2 Å². The van der Waals surface area contributed by atoms with Crippen LogP contribution in [0.15, 0.2) is 36.4 Å². The van der Waals surface area contributed by atoms with Crippen LogP contribution in [-0.4, -0.2) is 76.0 Å². The second-order valence-corrected chi connectivity index (χ2v) is 11.2. The molecule has 202 valence electrons. The van der Waals surface area contributed by atoms with Gasteiger partial charge in [-0.15, -0.1) is 0 Å². The van der Waals surface area contributed by atoms with Gasteiger partial charge in [0.25, 0.3) is 0 Å². The van der Waals surface area contributed by atoms with Crippen LogP contribution in [0.1, 0.15) is 34.9 Å². The minimum Gasteiger partial charge on any atom is -0.390 e. The van der Waals surface area contributed by atoms with Crippen molar-refractivity contribution in [2.24, 2.45) is 0 Å². The molecule has 1 fully saturated rings. The highest BCUT2D eigenvalue weighted by molar-refractivity contribution is 6.31. The van der Waals surface area contributed by atoms with Crippen LogP contribution >= 0.6 is 11.6 Å². The number of aliphatic hydroxyl groups excluding tert-OH is 1. The monoisotopic (exact) mass is 535 g/mol. The van der Waals surface area contributed by atoms with Crippen LogP contribution in [0.25, 0.3) is 11.3 Å². The first-order valence-electron chi connectivity index (χ1n) is 13.5. The number of halogens is 1. The summed E-state index contributed by atoms with van der Waals surface area (Å²) in [7, 11) is 0. The normalized spacial score (nSPS) is 17.0. The summed E-state index contributed by atoms with van der Waals surface area (Å²) in [6, 6.07) is 12.6. The van der Waals surface area contributed by atoms with Gasteiger partial charge in [0.15, 0.2) is 0 Å². The van der Waals surface area contributed by atoms with Crippen molar-refractivity contribution in [1.82, 2.24) is 19.6 Å². The zero-order chi connectivity index (χ0) is 27.0. The molecule has 1 saturated heterocycles. The second-order valence-electron chi connectivity index (χ2n) is 10.8. The number of β-amino-alcohol motifs (C(OH)–C–C–N with tert-alkyl or cyclic N) is 1. The number of nitrogens with zero attached hydrogens (tertiary/aromatic N) is 5. The number of carbonyl (C=O) groups is 1. The fraction of sp³-hybridized carbons (Fsp3) is 0.467. The fourth-order valence-corrected chi connectivity index (χ4v) is 5.94. The maximum Gasteiger partial charge on any atom is 0.219 e. The highest BCUT2D eigenvalue weighted by atomic mass is 35.5. The summed E-state index contributed by atoms with van der Waals surface area (Å²) in [5, 5.41) is 16.8. The Morgan fingerprint density at radius 2 is 1.76 bits per heavy atom. The lowest BCUT2D eigenvalue weighted by molar-refractivity contribution is -0.129. The molecule has 7 nitrogen and oxygen atoms in total. The van der Waals surface area contributed by atoms with Crippen LogP contribution in [0.3, 0.4) is 0 Å². The molecule has 3 heterocycles. The van der Waals surface area contributed by atoms with E-state index in [1.807, 2.05) is 34.7 Å². The summed E-state index contributed by atoms with van der Waals surface area (Å²) in [4.78, 5) is 18.8. The number of anilines is 1. The quantitative estimate of drug-likeness (QED) is 0.512. The number of aliphatic hydroxyl groups is 1. The summed E-state index contributed by atoms with van der Waals surface area (Å²) in [5.74, 6) is 0.0710. The van der Waals surface area contributed by atoms with E-state index >= 15 is 0 Å². The van der Waals surface area contributed by atoms with Crippen molar-refractivity contribution >= 4 is 23.2 Å². The van der Waals surface area contributed by atoms with Gasteiger partial charge in [0, 0.05) is 86.7 Å². The first-order chi connectivity index (χ1) is 18.2. The standard InChI is InChI=1S/C30H38ClN5O2/c1-20-5-8-28(22(3)15-20)34-13-11-33(12-14-34)17-25(38)18-36-29-9-10-35(23(4)37)19-26(29)30(32-36)24-6-7-27(31)21(2)16-24/h5-8,15-16,25,38H,9-14,17-19H2,1-4H3. The van der Waals surface area contributed by atoms with Crippen LogP contribution in [0.2, 0.25) is 5.02 Å². The van der Waals surface area contributed by atoms with E-state index in [0.29, 0.717) is 26.2 Å². The first-order valence-corrected chi connectivity index (χ1v) is 13.9. The molecule has 1 N–H and O–H groups in total. The number of piperazine rings is 1. The Bertz CT molecular complexity index is 1330. The Morgan fingerprint density at radius 1 is 1.00 bits per heavy atom. The van der Waals surface area contributed by atoms with Crippen molar-refractivity contribution in [2.45, 2.75) is 53.3 Å². The molecule has 1 amide bonds. The van der Waals surface area contributed by atoms with E-state index in [-0.39, 0.29) is 5.91 Å². The molecule has 1 unspecified atom stereocenters. The number of hydrogen-bond acceptors (Lipinski definition) is 5. The van der Waals surface area contributed by atoms with Gasteiger partial charge in [-0.2, -0.15) is 5.10 Å². The molecule has 38 heavy (non-hydrogen) atoms. The van der Waals surface area contributed by atoms with Crippen molar-refractivity contribution in [1.29, 1.82) is 0 Å². The number of rotatable bonds is 6. The number of amides is 1. The van der Waals surface area contributed by atoms with Crippen molar-refractivity contribution < 1.29 is 9.90 Å². The molecule has 3 aromatic rings. The Labute approximate surface area is 230 Å². The van der Waals surface area contributed by atoms with Crippen LogP contribution in [0, 0.1) is 20.8 Å². The molecule has 0 spiro atoms. The molecule has 1 aromatic heterocycles. The summed E-state index contributed by atoms with van der Waals surface area (Å²) in [6.07, 6.45) is 0.202. The van der Waals surface area contributed by atoms with Crippen molar-refractivity contribution in [3.05, 3.63) is 69.4 Å². The van der Waals surface area contributed by atoms with Gasteiger partial charge in [-0.1, -0.05) is 35.4 Å². The van der Waals surface area contributed by atoms with Crippen LogP contribution in [0.5, 0.6) is 0 Å².